The molecule has 2 N–H and O–H groups in total. The quantitative estimate of drug-likeness (QED) is 0.848. The summed E-state index contributed by atoms with van der Waals surface area (Å²) in [5, 5.41) is 5.41. The molecule has 2 rings (SSSR count). The van der Waals surface area contributed by atoms with Gasteiger partial charge in [0, 0.05) is 6.04 Å². The summed E-state index contributed by atoms with van der Waals surface area (Å²) in [6, 6.07) is 13.2. The van der Waals surface area contributed by atoms with Crippen LogP contribution in [0.3, 0.4) is 0 Å². The molecule has 0 spiro atoms. The number of nitrogens with one attached hydrogen (secondary N) is 2. The molecule has 0 bridgehead atoms. The van der Waals surface area contributed by atoms with Crippen LogP contribution < -0.4 is 10.6 Å². The lowest BCUT2D eigenvalue weighted by molar-refractivity contribution is -0.115. The van der Waals surface area contributed by atoms with E-state index >= 15 is 0 Å². The molecule has 0 saturated heterocycles. The number of anilines is 1. The molecule has 0 saturated carbocycles. The Kier molecular flexibility index (Phi) is 5.82. The zero-order valence-corrected chi connectivity index (χ0v) is 13.1. The maximum absolute atomic E-state index is 13.5. The Morgan fingerprint density at radius 3 is 2.17 bits per heavy atom. The number of halogens is 2. The van der Waals surface area contributed by atoms with Gasteiger partial charge in [-0.25, -0.2) is 8.78 Å². The van der Waals surface area contributed by atoms with Gasteiger partial charge in [0.1, 0.15) is 17.3 Å². The maximum atomic E-state index is 13.5. The molecule has 0 heterocycles. The third-order valence-corrected chi connectivity index (χ3v) is 3.54. The number of para-hydroxylation sites is 1. The number of carbonyl (C=O) groups is 1. The van der Waals surface area contributed by atoms with Crippen LogP contribution in [-0.2, 0) is 4.79 Å². The highest BCUT2D eigenvalue weighted by molar-refractivity contribution is 5.92. The molecule has 0 fully saturated rings. The molecule has 2 aromatic rings. The van der Waals surface area contributed by atoms with Crippen molar-refractivity contribution in [1.82, 2.24) is 5.32 Å². The van der Waals surface area contributed by atoms with E-state index in [0.29, 0.717) is 0 Å². The van der Waals surface area contributed by atoms with Crippen molar-refractivity contribution in [2.45, 2.75) is 19.9 Å². The smallest absolute Gasteiger partial charge is 0.238 e. The van der Waals surface area contributed by atoms with Crippen molar-refractivity contribution < 1.29 is 13.6 Å². The van der Waals surface area contributed by atoms with Gasteiger partial charge in [-0.1, -0.05) is 50.2 Å². The van der Waals surface area contributed by atoms with E-state index in [0.717, 1.165) is 17.7 Å². The molecule has 0 aromatic heterocycles. The third-order valence-electron chi connectivity index (χ3n) is 3.54. The van der Waals surface area contributed by atoms with Gasteiger partial charge in [0.05, 0.1) is 6.54 Å². The summed E-state index contributed by atoms with van der Waals surface area (Å²) in [5.74, 6) is -1.81. The second-order valence-corrected chi connectivity index (χ2v) is 5.66. The standard InChI is InChI=1S/C18H20F2N2O/c1-12(2)17(13-7-4-3-5-8-13)21-11-16(23)22-18-14(19)9-6-10-15(18)20/h3-10,12,17,21H,11H2,1-2H3,(H,22,23)/t17-/m0/s1. The summed E-state index contributed by atoms with van der Waals surface area (Å²) in [5.41, 5.74) is 0.646. The minimum absolute atomic E-state index is 0.0209. The molecule has 23 heavy (non-hydrogen) atoms. The number of hydrogen-bond donors (Lipinski definition) is 2. The first kappa shape index (κ1) is 17.1. The van der Waals surface area contributed by atoms with Crippen LogP contribution >= 0.6 is 0 Å². The molecule has 0 unspecified atom stereocenters. The summed E-state index contributed by atoms with van der Waals surface area (Å²) in [6.45, 7) is 4.05. The van der Waals surface area contributed by atoms with E-state index in [1.165, 1.54) is 6.07 Å². The lowest BCUT2D eigenvalue weighted by Gasteiger charge is -2.22. The van der Waals surface area contributed by atoms with Crippen LogP contribution in [0.5, 0.6) is 0 Å². The minimum Gasteiger partial charge on any atom is -0.320 e. The number of benzene rings is 2. The fourth-order valence-corrected chi connectivity index (χ4v) is 2.40. The molecule has 3 nitrogen and oxygen atoms in total. The molecule has 1 atom stereocenters. The zero-order chi connectivity index (χ0) is 16.8. The van der Waals surface area contributed by atoms with E-state index in [-0.39, 0.29) is 18.5 Å². The molecular weight excluding hydrogens is 298 g/mol. The number of amides is 1. The molecule has 0 aliphatic heterocycles. The van der Waals surface area contributed by atoms with Crippen LogP contribution in [0.15, 0.2) is 48.5 Å². The average Bonchev–Trinajstić information content (AvgIpc) is 2.52. The van der Waals surface area contributed by atoms with Crippen molar-refractivity contribution >= 4 is 11.6 Å². The van der Waals surface area contributed by atoms with E-state index < -0.39 is 23.2 Å². The first-order valence-corrected chi connectivity index (χ1v) is 7.51. The molecule has 0 radical (unpaired) electrons. The highest BCUT2D eigenvalue weighted by Crippen LogP contribution is 2.21. The van der Waals surface area contributed by atoms with Gasteiger partial charge in [0.15, 0.2) is 0 Å². The molecule has 122 valence electrons. The Bertz CT molecular complexity index is 639. The Labute approximate surface area is 134 Å². The number of rotatable bonds is 6. The second kappa shape index (κ2) is 7.83. The third kappa shape index (κ3) is 4.60. The van der Waals surface area contributed by atoms with Gasteiger partial charge in [-0.3, -0.25) is 4.79 Å². The predicted octanol–water partition coefficient (Wildman–Crippen LogP) is 3.89. The van der Waals surface area contributed by atoms with E-state index in [4.69, 9.17) is 0 Å². The first-order valence-electron chi connectivity index (χ1n) is 7.51. The van der Waals surface area contributed by atoms with Crippen molar-refractivity contribution in [3.63, 3.8) is 0 Å². The van der Waals surface area contributed by atoms with Crippen molar-refractivity contribution in [3.05, 3.63) is 65.7 Å². The van der Waals surface area contributed by atoms with Gasteiger partial charge < -0.3 is 10.6 Å². The van der Waals surface area contributed by atoms with Crippen LogP contribution in [-0.4, -0.2) is 12.5 Å². The van der Waals surface area contributed by atoms with Crippen LogP contribution in [0.4, 0.5) is 14.5 Å². The maximum Gasteiger partial charge on any atom is 0.238 e. The minimum atomic E-state index is -0.790. The fourth-order valence-electron chi connectivity index (χ4n) is 2.40. The summed E-state index contributed by atoms with van der Waals surface area (Å²) >= 11 is 0. The van der Waals surface area contributed by atoms with Crippen molar-refractivity contribution in [1.29, 1.82) is 0 Å². The second-order valence-electron chi connectivity index (χ2n) is 5.66. The van der Waals surface area contributed by atoms with Crippen molar-refractivity contribution in [2.24, 2.45) is 5.92 Å². The van der Waals surface area contributed by atoms with Crippen LogP contribution in [0.25, 0.3) is 0 Å². The molecule has 1 amide bonds. The van der Waals surface area contributed by atoms with Crippen LogP contribution in [0.1, 0.15) is 25.5 Å². The first-order chi connectivity index (χ1) is 11.0. The summed E-state index contributed by atoms with van der Waals surface area (Å²) in [6.07, 6.45) is 0. The predicted molar refractivity (Wildman–Crippen MR) is 87.0 cm³/mol. The summed E-state index contributed by atoms with van der Waals surface area (Å²) < 4.78 is 27.1. The van der Waals surface area contributed by atoms with Gasteiger partial charge in [-0.2, -0.15) is 0 Å². The van der Waals surface area contributed by atoms with Gasteiger partial charge in [-0.05, 0) is 23.6 Å². The average molecular weight is 318 g/mol. The van der Waals surface area contributed by atoms with Gasteiger partial charge in [-0.15, -0.1) is 0 Å². The Balaban J connectivity index is 2.00. The van der Waals surface area contributed by atoms with Gasteiger partial charge in [0.2, 0.25) is 5.91 Å². The topological polar surface area (TPSA) is 41.1 Å². The zero-order valence-electron chi connectivity index (χ0n) is 13.1. The van der Waals surface area contributed by atoms with Crippen molar-refractivity contribution in [2.75, 3.05) is 11.9 Å². The normalized spacial score (nSPS) is 12.2. The SMILES string of the molecule is CC(C)[C@H](NCC(=O)Nc1c(F)cccc1F)c1ccccc1. The van der Waals surface area contributed by atoms with E-state index in [1.54, 1.807) is 0 Å². The van der Waals surface area contributed by atoms with Crippen LogP contribution in [0, 0.1) is 17.6 Å². The molecular formula is C18H20F2N2O. The largest absolute Gasteiger partial charge is 0.320 e. The Morgan fingerprint density at radius 1 is 1.00 bits per heavy atom. The van der Waals surface area contributed by atoms with E-state index in [1.807, 2.05) is 44.2 Å². The highest BCUT2D eigenvalue weighted by Gasteiger charge is 2.17. The number of hydrogen-bond acceptors (Lipinski definition) is 2. The van der Waals surface area contributed by atoms with Gasteiger partial charge in [0.25, 0.3) is 0 Å². The molecule has 0 aliphatic rings. The molecule has 0 aliphatic carbocycles. The number of carbonyl (C=O) groups excluding carboxylic acids is 1. The molecule has 2 aromatic carbocycles. The lowest BCUT2D eigenvalue weighted by Crippen LogP contribution is -2.34. The summed E-state index contributed by atoms with van der Waals surface area (Å²) in [4.78, 5) is 12.0. The van der Waals surface area contributed by atoms with E-state index in [2.05, 4.69) is 10.6 Å². The van der Waals surface area contributed by atoms with Crippen LogP contribution in [0.2, 0.25) is 0 Å². The van der Waals surface area contributed by atoms with Crippen molar-refractivity contribution in [3.8, 4) is 0 Å². The fraction of sp³-hybridized carbons (Fsp3) is 0.278. The van der Waals surface area contributed by atoms with E-state index in [9.17, 15) is 13.6 Å². The summed E-state index contributed by atoms with van der Waals surface area (Å²) in [7, 11) is 0. The monoisotopic (exact) mass is 318 g/mol. The highest BCUT2D eigenvalue weighted by atomic mass is 19.1. The molecule has 5 heteroatoms. The Hall–Kier alpha value is -2.27. The lowest BCUT2D eigenvalue weighted by atomic mass is 9.96. The van der Waals surface area contributed by atoms with Gasteiger partial charge >= 0.3 is 0 Å². The Morgan fingerprint density at radius 2 is 1.61 bits per heavy atom.